The van der Waals surface area contributed by atoms with Gasteiger partial charge in [-0.2, -0.15) is 0 Å². The van der Waals surface area contributed by atoms with Crippen LogP contribution in [0.25, 0.3) is 21.9 Å². The molecular weight excluding hydrogens is 300 g/mol. The van der Waals surface area contributed by atoms with E-state index in [4.69, 9.17) is 16.7 Å². The molecule has 1 heterocycles. The zero-order valence-corrected chi connectivity index (χ0v) is 12.6. The standard InChI is InChI=1S/C17H13ClN2O2/c1-10-3-2-4-14(18)16(10)12-6-5-11-8-15(20-17(21)22)19-9-13(11)7-12/h2-9H,1H3,(H,19,20)(H,21,22). The smallest absolute Gasteiger partial charge is 0.410 e. The molecule has 0 bridgehead atoms. The van der Waals surface area contributed by atoms with Gasteiger partial charge in [-0.15, -0.1) is 0 Å². The first-order chi connectivity index (χ1) is 10.5. The van der Waals surface area contributed by atoms with E-state index in [2.05, 4.69) is 10.3 Å². The summed E-state index contributed by atoms with van der Waals surface area (Å²) in [6, 6.07) is 13.4. The summed E-state index contributed by atoms with van der Waals surface area (Å²) in [7, 11) is 0. The maximum atomic E-state index is 10.7. The molecule has 0 aliphatic rings. The molecular formula is C17H13ClN2O2. The first-order valence-electron chi connectivity index (χ1n) is 6.70. The number of rotatable bonds is 2. The molecule has 0 aliphatic heterocycles. The fourth-order valence-electron chi connectivity index (χ4n) is 2.47. The molecule has 3 aromatic rings. The van der Waals surface area contributed by atoms with Crippen LogP contribution < -0.4 is 5.32 Å². The van der Waals surface area contributed by atoms with Crippen LogP contribution >= 0.6 is 11.6 Å². The lowest BCUT2D eigenvalue weighted by molar-refractivity contribution is 0.209. The van der Waals surface area contributed by atoms with Gasteiger partial charge in [-0.05, 0) is 41.6 Å². The van der Waals surface area contributed by atoms with Crippen LogP contribution in [0.5, 0.6) is 0 Å². The molecule has 110 valence electrons. The molecule has 3 rings (SSSR count). The van der Waals surface area contributed by atoms with Crippen LogP contribution in [0.2, 0.25) is 5.02 Å². The molecule has 22 heavy (non-hydrogen) atoms. The molecule has 0 saturated heterocycles. The van der Waals surface area contributed by atoms with E-state index in [9.17, 15) is 4.79 Å². The van der Waals surface area contributed by atoms with Crippen molar-refractivity contribution in [2.75, 3.05) is 5.32 Å². The minimum atomic E-state index is -1.13. The summed E-state index contributed by atoms with van der Waals surface area (Å²) in [5, 5.41) is 13.5. The van der Waals surface area contributed by atoms with Gasteiger partial charge in [-0.25, -0.2) is 9.78 Å². The number of carboxylic acid groups (broad SMARTS) is 1. The summed E-state index contributed by atoms with van der Waals surface area (Å²) in [5.41, 5.74) is 3.11. The maximum Gasteiger partial charge on any atom is 0.410 e. The monoisotopic (exact) mass is 312 g/mol. The van der Waals surface area contributed by atoms with E-state index in [1.807, 2.05) is 43.3 Å². The van der Waals surface area contributed by atoms with Crippen LogP contribution in [-0.4, -0.2) is 16.2 Å². The number of carbonyl (C=O) groups is 1. The van der Waals surface area contributed by atoms with Gasteiger partial charge in [0.25, 0.3) is 0 Å². The van der Waals surface area contributed by atoms with E-state index in [0.717, 1.165) is 27.5 Å². The molecule has 2 aromatic carbocycles. The highest BCUT2D eigenvalue weighted by molar-refractivity contribution is 6.33. The summed E-state index contributed by atoms with van der Waals surface area (Å²) < 4.78 is 0. The van der Waals surface area contributed by atoms with Crippen molar-refractivity contribution in [1.29, 1.82) is 0 Å². The first-order valence-corrected chi connectivity index (χ1v) is 7.07. The zero-order chi connectivity index (χ0) is 15.7. The predicted molar refractivity (Wildman–Crippen MR) is 88.6 cm³/mol. The Morgan fingerprint density at radius 2 is 2.00 bits per heavy atom. The van der Waals surface area contributed by atoms with Crippen LogP contribution in [0, 0.1) is 6.92 Å². The molecule has 0 atom stereocenters. The Morgan fingerprint density at radius 3 is 2.73 bits per heavy atom. The van der Waals surface area contributed by atoms with Crippen LogP contribution in [0.1, 0.15) is 5.56 Å². The van der Waals surface area contributed by atoms with E-state index in [-0.39, 0.29) is 0 Å². The molecule has 0 spiro atoms. The van der Waals surface area contributed by atoms with Crippen LogP contribution in [0.4, 0.5) is 10.6 Å². The minimum absolute atomic E-state index is 0.307. The van der Waals surface area contributed by atoms with E-state index >= 15 is 0 Å². The largest absolute Gasteiger partial charge is 0.465 e. The summed E-state index contributed by atoms with van der Waals surface area (Å²) in [5.74, 6) is 0.307. The van der Waals surface area contributed by atoms with Crippen molar-refractivity contribution in [2.45, 2.75) is 6.92 Å². The molecule has 4 nitrogen and oxygen atoms in total. The van der Waals surface area contributed by atoms with Crippen LogP contribution in [0.15, 0.2) is 48.7 Å². The van der Waals surface area contributed by atoms with Crippen molar-refractivity contribution in [3.63, 3.8) is 0 Å². The normalized spacial score (nSPS) is 10.6. The third-order valence-electron chi connectivity index (χ3n) is 3.47. The minimum Gasteiger partial charge on any atom is -0.465 e. The maximum absolute atomic E-state index is 10.7. The number of aromatic nitrogens is 1. The second-order valence-electron chi connectivity index (χ2n) is 4.99. The molecule has 5 heteroatoms. The van der Waals surface area contributed by atoms with Gasteiger partial charge in [0.1, 0.15) is 5.82 Å². The van der Waals surface area contributed by atoms with Crippen molar-refractivity contribution in [3.05, 3.63) is 59.2 Å². The number of nitrogens with zero attached hydrogens (tertiary/aromatic N) is 1. The third-order valence-corrected chi connectivity index (χ3v) is 3.78. The average molecular weight is 313 g/mol. The lowest BCUT2D eigenvalue weighted by atomic mass is 9.98. The SMILES string of the molecule is Cc1cccc(Cl)c1-c1ccc2cc(NC(=O)O)ncc2c1. The van der Waals surface area contributed by atoms with Gasteiger partial charge in [0.05, 0.1) is 0 Å². The lowest BCUT2D eigenvalue weighted by Crippen LogP contribution is -2.08. The number of aryl methyl sites for hydroxylation is 1. The Morgan fingerprint density at radius 1 is 1.18 bits per heavy atom. The van der Waals surface area contributed by atoms with E-state index in [1.54, 1.807) is 12.3 Å². The first kappa shape index (κ1) is 14.4. The summed E-state index contributed by atoms with van der Waals surface area (Å²) in [6.45, 7) is 2.02. The summed E-state index contributed by atoms with van der Waals surface area (Å²) in [6.07, 6.45) is 0.520. The number of anilines is 1. The van der Waals surface area contributed by atoms with Gasteiger partial charge in [-0.3, -0.25) is 5.32 Å². The van der Waals surface area contributed by atoms with Gasteiger partial charge in [0.2, 0.25) is 0 Å². The highest BCUT2D eigenvalue weighted by Gasteiger charge is 2.08. The summed E-state index contributed by atoms with van der Waals surface area (Å²) >= 11 is 6.31. The van der Waals surface area contributed by atoms with Gasteiger partial charge >= 0.3 is 6.09 Å². The average Bonchev–Trinajstić information content (AvgIpc) is 2.46. The molecule has 0 aliphatic carbocycles. The topological polar surface area (TPSA) is 62.2 Å². The van der Waals surface area contributed by atoms with Crippen LogP contribution in [0.3, 0.4) is 0 Å². The van der Waals surface area contributed by atoms with E-state index in [0.29, 0.717) is 10.8 Å². The Hall–Kier alpha value is -2.59. The Labute approximate surface area is 132 Å². The molecule has 0 saturated carbocycles. The molecule has 0 radical (unpaired) electrons. The molecule has 0 unspecified atom stereocenters. The van der Waals surface area contributed by atoms with Crippen molar-refractivity contribution < 1.29 is 9.90 Å². The Kier molecular flexibility index (Phi) is 3.69. The number of halogens is 1. The lowest BCUT2D eigenvalue weighted by Gasteiger charge is -2.10. The highest BCUT2D eigenvalue weighted by atomic mass is 35.5. The quantitative estimate of drug-likeness (QED) is 0.703. The van der Waals surface area contributed by atoms with Crippen molar-refractivity contribution in [1.82, 2.24) is 4.98 Å². The molecule has 1 aromatic heterocycles. The highest BCUT2D eigenvalue weighted by Crippen LogP contribution is 2.33. The predicted octanol–water partition coefficient (Wildman–Crippen LogP) is 4.95. The van der Waals surface area contributed by atoms with Crippen LogP contribution in [-0.2, 0) is 0 Å². The second kappa shape index (κ2) is 5.66. The van der Waals surface area contributed by atoms with Crippen molar-refractivity contribution in [3.8, 4) is 11.1 Å². The van der Waals surface area contributed by atoms with E-state index in [1.165, 1.54) is 0 Å². The Bertz CT molecular complexity index is 857. The number of pyridine rings is 1. The van der Waals surface area contributed by atoms with Crippen molar-refractivity contribution >= 4 is 34.3 Å². The summed E-state index contributed by atoms with van der Waals surface area (Å²) in [4.78, 5) is 14.8. The number of amides is 1. The fourth-order valence-corrected chi connectivity index (χ4v) is 2.80. The number of hydrogen-bond donors (Lipinski definition) is 2. The molecule has 2 N–H and O–H groups in total. The zero-order valence-electron chi connectivity index (χ0n) is 11.8. The molecule has 1 amide bonds. The van der Waals surface area contributed by atoms with Gasteiger partial charge < -0.3 is 5.11 Å². The number of nitrogens with one attached hydrogen (secondary N) is 1. The fraction of sp³-hybridized carbons (Fsp3) is 0.0588. The van der Waals surface area contributed by atoms with Crippen molar-refractivity contribution in [2.24, 2.45) is 0 Å². The second-order valence-corrected chi connectivity index (χ2v) is 5.40. The van der Waals surface area contributed by atoms with E-state index < -0.39 is 6.09 Å². The third kappa shape index (κ3) is 2.73. The number of hydrogen-bond acceptors (Lipinski definition) is 2. The van der Waals surface area contributed by atoms with Gasteiger partial charge in [-0.1, -0.05) is 35.9 Å². The van der Waals surface area contributed by atoms with Gasteiger partial charge in [0, 0.05) is 22.2 Å². The molecule has 0 fully saturated rings. The van der Waals surface area contributed by atoms with Gasteiger partial charge in [0.15, 0.2) is 0 Å². The number of benzene rings is 2. The Balaban J connectivity index is 2.09. The number of fused-ring (bicyclic) bond motifs is 1.